The number of benzene rings is 1. The Morgan fingerprint density at radius 3 is 3.00 bits per heavy atom. The third-order valence-electron chi connectivity index (χ3n) is 2.94. The lowest BCUT2D eigenvalue weighted by Crippen LogP contribution is -2.07. The molecule has 108 valence electrons. The Hall–Kier alpha value is -2.18. The van der Waals surface area contributed by atoms with Crippen molar-refractivity contribution in [2.45, 2.75) is 13.2 Å². The largest absolute Gasteiger partial charge is 0.483 e. The predicted molar refractivity (Wildman–Crippen MR) is 81.1 cm³/mol. The molecule has 3 aromatic rings. The predicted octanol–water partition coefficient (Wildman–Crippen LogP) is 3.10. The van der Waals surface area contributed by atoms with Gasteiger partial charge in [0.25, 0.3) is 5.89 Å². The number of nitrogens with zero attached hydrogens (tertiary/aromatic N) is 2. The molecule has 1 N–H and O–H groups in total. The van der Waals surface area contributed by atoms with Crippen LogP contribution in [0, 0.1) is 0 Å². The first-order chi connectivity index (χ1) is 10.4. The van der Waals surface area contributed by atoms with Gasteiger partial charge in [-0.15, -0.1) is 0 Å². The van der Waals surface area contributed by atoms with Gasteiger partial charge in [0.05, 0.1) is 0 Å². The van der Waals surface area contributed by atoms with Crippen LogP contribution in [0.4, 0.5) is 0 Å². The van der Waals surface area contributed by atoms with Gasteiger partial charge < -0.3 is 14.6 Å². The van der Waals surface area contributed by atoms with Gasteiger partial charge in [-0.2, -0.15) is 16.3 Å². The van der Waals surface area contributed by atoms with Gasteiger partial charge in [0.1, 0.15) is 5.75 Å². The van der Waals surface area contributed by atoms with E-state index in [1.165, 1.54) is 0 Å². The zero-order valence-electron chi connectivity index (χ0n) is 11.6. The van der Waals surface area contributed by atoms with Crippen LogP contribution in [0.25, 0.3) is 11.4 Å². The van der Waals surface area contributed by atoms with Crippen molar-refractivity contribution in [3.63, 3.8) is 0 Å². The smallest absolute Gasteiger partial charge is 0.264 e. The molecule has 3 rings (SSSR count). The zero-order chi connectivity index (χ0) is 14.5. The molecule has 0 spiro atoms. The number of ether oxygens (including phenoxy) is 1. The average Bonchev–Trinajstić information content (AvgIpc) is 3.18. The highest BCUT2D eigenvalue weighted by Gasteiger charge is 2.10. The second-order valence-corrected chi connectivity index (χ2v) is 5.23. The second kappa shape index (κ2) is 6.51. The van der Waals surface area contributed by atoms with E-state index in [2.05, 4.69) is 15.5 Å². The van der Waals surface area contributed by atoms with Crippen LogP contribution in [0.15, 0.2) is 45.6 Å². The molecule has 0 saturated carbocycles. The summed E-state index contributed by atoms with van der Waals surface area (Å²) in [6.45, 7) is 1.01. The van der Waals surface area contributed by atoms with Crippen molar-refractivity contribution in [3.05, 3.63) is 52.5 Å². The van der Waals surface area contributed by atoms with Gasteiger partial charge in [-0.05, 0) is 24.6 Å². The van der Waals surface area contributed by atoms with E-state index in [1.807, 2.05) is 48.1 Å². The first-order valence-electron chi connectivity index (χ1n) is 6.57. The monoisotopic (exact) mass is 301 g/mol. The minimum Gasteiger partial charge on any atom is -0.483 e. The molecule has 0 aliphatic heterocycles. The molecule has 0 saturated heterocycles. The molecule has 0 aliphatic rings. The van der Waals surface area contributed by atoms with Gasteiger partial charge >= 0.3 is 0 Å². The number of nitrogens with one attached hydrogen (secondary N) is 1. The van der Waals surface area contributed by atoms with E-state index in [9.17, 15) is 0 Å². The average molecular weight is 301 g/mol. The SMILES string of the molecule is CNCc1ccccc1OCc1nc(-c2ccsc2)no1. The first kappa shape index (κ1) is 13.8. The summed E-state index contributed by atoms with van der Waals surface area (Å²) in [5, 5.41) is 11.0. The molecule has 0 aliphatic carbocycles. The summed E-state index contributed by atoms with van der Waals surface area (Å²) in [5.74, 6) is 1.89. The lowest BCUT2D eigenvalue weighted by Gasteiger charge is -2.09. The summed E-state index contributed by atoms with van der Waals surface area (Å²) in [5.41, 5.74) is 2.06. The summed E-state index contributed by atoms with van der Waals surface area (Å²) < 4.78 is 11.0. The van der Waals surface area contributed by atoms with Crippen molar-refractivity contribution in [2.24, 2.45) is 0 Å². The molecule has 2 aromatic heterocycles. The Morgan fingerprint density at radius 2 is 2.19 bits per heavy atom. The summed E-state index contributed by atoms with van der Waals surface area (Å²) in [6, 6.07) is 9.85. The number of hydrogen-bond donors (Lipinski definition) is 1. The van der Waals surface area contributed by atoms with Gasteiger partial charge in [-0.25, -0.2) is 0 Å². The minimum atomic E-state index is 0.262. The molecule has 0 fully saturated rings. The lowest BCUT2D eigenvalue weighted by molar-refractivity contribution is 0.241. The van der Waals surface area contributed by atoms with Crippen LogP contribution in [0.3, 0.4) is 0 Å². The molecule has 5 nitrogen and oxygen atoms in total. The van der Waals surface area contributed by atoms with Crippen molar-refractivity contribution in [2.75, 3.05) is 7.05 Å². The quantitative estimate of drug-likeness (QED) is 0.758. The molecule has 21 heavy (non-hydrogen) atoms. The van der Waals surface area contributed by atoms with Crippen LogP contribution in [0.1, 0.15) is 11.5 Å². The van der Waals surface area contributed by atoms with E-state index < -0.39 is 0 Å². The fourth-order valence-electron chi connectivity index (χ4n) is 1.94. The lowest BCUT2D eigenvalue weighted by atomic mass is 10.2. The molecule has 0 amide bonds. The molecule has 0 atom stereocenters. The highest BCUT2D eigenvalue weighted by atomic mass is 32.1. The van der Waals surface area contributed by atoms with Crippen LogP contribution < -0.4 is 10.1 Å². The highest BCUT2D eigenvalue weighted by molar-refractivity contribution is 7.08. The van der Waals surface area contributed by atoms with Crippen LogP contribution in [0.5, 0.6) is 5.75 Å². The number of hydrogen-bond acceptors (Lipinski definition) is 6. The molecule has 0 bridgehead atoms. The number of thiophene rings is 1. The van der Waals surface area contributed by atoms with Gasteiger partial charge in [0.2, 0.25) is 5.82 Å². The van der Waals surface area contributed by atoms with Crippen LogP contribution in [-0.2, 0) is 13.2 Å². The minimum absolute atomic E-state index is 0.262. The number of para-hydroxylation sites is 1. The van der Waals surface area contributed by atoms with Crippen LogP contribution in [-0.4, -0.2) is 17.2 Å². The van der Waals surface area contributed by atoms with E-state index in [4.69, 9.17) is 9.26 Å². The topological polar surface area (TPSA) is 60.2 Å². The van der Waals surface area contributed by atoms with E-state index in [1.54, 1.807) is 11.3 Å². The van der Waals surface area contributed by atoms with Crippen molar-refractivity contribution < 1.29 is 9.26 Å². The molecular formula is C15H15N3O2S. The zero-order valence-corrected chi connectivity index (χ0v) is 12.4. The molecule has 0 radical (unpaired) electrons. The molecule has 0 unspecified atom stereocenters. The fraction of sp³-hybridized carbons (Fsp3) is 0.200. The van der Waals surface area contributed by atoms with Gasteiger partial charge in [-0.3, -0.25) is 0 Å². The fourth-order valence-corrected chi connectivity index (χ4v) is 2.58. The summed E-state index contributed by atoms with van der Waals surface area (Å²) in [7, 11) is 1.90. The van der Waals surface area contributed by atoms with E-state index >= 15 is 0 Å². The Labute approximate surface area is 126 Å². The maximum Gasteiger partial charge on any atom is 0.264 e. The Balaban J connectivity index is 1.68. The van der Waals surface area contributed by atoms with Gasteiger partial charge in [-0.1, -0.05) is 23.4 Å². The number of rotatable bonds is 6. The molecule has 2 heterocycles. The number of aromatic nitrogens is 2. The Kier molecular flexibility index (Phi) is 4.28. The molecule has 6 heteroatoms. The van der Waals surface area contributed by atoms with Gasteiger partial charge in [0.15, 0.2) is 6.61 Å². The van der Waals surface area contributed by atoms with E-state index in [0.717, 1.165) is 23.4 Å². The summed E-state index contributed by atoms with van der Waals surface area (Å²) >= 11 is 1.60. The maximum atomic E-state index is 5.77. The Morgan fingerprint density at radius 1 is 1.29 bits per heavy atom. The Bertz CT molecular complexity index is 695. The van der Waals surface area contributed by atoms with Crippen molar-refractivity contribution in [3.8, 4) is 17.1 Å². The summed E-state index contributed by atoms with van der Waals surface area (Å²) in [6.07, 6.45) is 0. The third-order valence-corrected chi connectivity index (χ3v) is 3.62. The van der Waals surface area contributed by atoms with E-state index in [0.29, 0.717) is 11.7 Å². The van der Waals surface area contributed by atoms with Crippen molar-refractivity contribution in [1.29, 1.82) is 0 Å². The van der Waals surface area contributed by atoms with Crippen LogP contribution in [0.2, 0.25) is 0 Å². The summed E-state index contributed by atoms with van der Waals surface area (Å²) in [4.78, 5) is 4.33. The standard InChI is InChI=1S/C15H15N3O2S/c1-16-8-11-4-2-3-5-13(11)19-9-14-17-15(18-20-14)12-6-7-21-10-12/h2-7,10,16H,8-9H2,1H3. The third kappa shape index (κ3) is 3.29. The van der Waals surface area contributed by atoms with Crippen molar-refractivity contribution in [1.82, 2.24) is 15.5 Å². The maximum absolute atomic E-state index is 5.77. The second-order valence-electron chi connectivity index (χ2n) is 4.45. The van der Waals surface area contributed by atoms with Crippen LogP contribution >= 0.6 is 11.3 Å². The molecular weight excluding hydrogens is 286 g/mol. The molecule has 1 aromatic carbocycles. The van der Waals surface area contributed by atoms with Crippen molar-refractivity contribution >= 4 is 11.3 Å². The normalized spacial score (nSPS) is 10.7. The first-order valence-corrected chi connectivity index (χ1v) is 7.51. The highest BCUT2D eigenvalue weighted by Crippen LogP contribution is 2.21. The van der Waals surface area contributed by atoms with E-state index in [-0.39, 0.29) is 6.61 Å². The van der Waals surface area contributed by atoms with Gasteiger partial charge in [0, 0.05) is 23.1 Å².